The van der Waals surface area contributed by atoms with E-state index in [0.717, 1.165) is 63.1 Å². The molecule has 7 heteroatoms. The largest absolute Gasteiger partial charge is 0.381 e. The van der Waals surface area contributed by atoms with E-state index in [1.807, 2.05) is 37.1 Å². The number of guanidine groups is 1. The Morgan fingerprint density at radius 3 is 2.83 bits per heavy atom. The predicted octanol–water partition coefficient (Wildman–Crippen LogP) is 3.26. The Balaban J connectivity index is 1.41. The van der Waals surface area contributed by atoms with Crippen molar-refractivity contribution in [3.63, 3.8) is 0 Å². The zero-order valence-electron chi connectivity index (χ0n) is 18.0. The molecule has 1 atom stereocenters. The highest BCUT2D eigenvalue weighted by atomic mass is 35.5. The Labute approximate surface area is 184 Å². The normalized spacial score (nSPS) is 21.8. The molecule has 30 heavy (non-hydrogen) atoms. The average Bonchev–Trinajstić information content (AvgIpc) is 3.39. The van der Waals surface area contributed by atoms with Crippen LogP contribution in [0.1, 0.15) is 30.4 Å². The summed E-state index contributed by atoms with van der Waals surface area (Å²) in [6.45, 7) is 4.41. The van der Waals surface area contributed by atoms with Gasteiger partial charge in [-0.2, -0.15) is 5.10 Å². The van der Waals surface area contributed by atoms with E-state index in [-0.39, 0.29) is 5.41 Å². The van der Waals surface area contributed by atoms with E-state index in [9.17, 15) is 0 Å². The summed E-state index contributed by atoms with van der Waals surface area (Å²) in [6.07, 6.45) is 8.28. The van der Waals surface area contributed by atoms with Gasteiger partial charge in [-0.25, -0.2) is 0 Å². The van der Waals surface area contributed by atoms with Crippen molar-refractivity contribution >= 4 is 17.6 Å². The van der Waals surface area contributed by atoms with Crippen molar-refractivity contribution in [2.75, 3.05) is 39.9 Å². The van der Waals surface area contributed by atoms with Crippen LogP contribution in [0.2, 0.25) is 5.02 Å². The average molecular weight is 430 g/mol. The summed E-state index contributed by atoms with van der Waals surface area (Å²) >= 11 is 6.61. The number of ether oxygens (including phenoxy) is 1. The minimum Gasteiger partial charge on any atom is -0.381 e. The van der Waals surface area contributed by atoms with Gasteiger partial charge in [0, 0.05) is 63.6 Å². The number of benzene rings is 1. The first-order valence-electron chi connectivity index (χ1n) is 10.9. The van der Waals surface area contributed by atoms with Crippen LogP contribution in [0.3, 0.4) is 0 Å². The fourth-order valence-electron chi connectivity index (χ4n) is 4.88. The molecule has 0 aliphatic carbocycles. The molecule has 0 radical (unpaired) electrons. The fourth-order valence-corrected chi connectivity index (χ4v) is 5.21. The number of rotatable bonds is 5. The standard InChI is InChI=1S/C23H32ClN5O/c1-25-22(29-10-7-18(16-29)13-19-14-27-28(2)15-19)26-17-23(8-11-30-12-9-23)20-5-3-4-6-21(20)24/h3-6,14-15,18H,7-13,16-17H2,1-2H3,(H,25,26). The third-order valence-electron chi connectivity index (χ3n) is 6.56. The molecule has 0 bridgehead atoms. The molecule has 2 saturated heterocycles. The van der Waals surface area contributed by atoms with E-state index < -0.39 is 0 Å². The van der Waals surface area contributed by atoms with Gasteiger partial charge in [-0.1, -0.05) is 29.8 Å². The number of halogens is 1. The molecule has 4 rings (SSSR count). The second-order valence-corrected chi connectivity index (χ2v) is 9.01. The molecule has 1 unspecified atom stereocenters. The molecule has 3 heterocycles. The molecule has 0 saturated carbocycles. The highest BCUT2D eigenvalue weighted by Crippen LogP contribution is 2.38. The first kappa shape index (κ1) is 21.2. The van der Waals surface area contributed by atoms with E-state index in [0.29, 0.717) is 5.92 Å². The Hall–Kier alpha value is -2.05. The molecular weight excluding hydrogens is 398 g/mol. The Morgan fingerprint density at radius 1 is 1.33 bits per heavy atom. The molecule has 1 aromatic heterocycles. The number of nitrogens with one attached hydrogen (secondary N) is 1. The van der Waals surface area contributed by atoms with Crippen molar-refractivity contribution in [1.82, 2.24) is 20.0 Å². The smallest absolute Gasteiger partial charge is 0.193 e. The number of hydrogen-bond donors (Lipinski definition) is 1. The van der Waals surface area contributed by atoms with Crippen LogP contribution >= 0.6 is 11.6 Å². The summed E-state index contributed by atoms with van der Waals surface area (Å²) in [4.78, 5) is 6.99. The lowest BCUT2D eigenvalue weighted by Crippen LogP contribution is -2.49. The van der Waals surface area contributed by atoms with E-state index in [4.69, 9.17) is 16.3 Å². The predicted molar refractivity (Wildman–Crippen MR) is 121 cm³/mol. The topological polar surface area (TPSA) is 54.7 Å². The lowest BCUT2D eigenvalue weighted by Gasteiger charge is -2.39. The van der Waals surface area contributed by atoms with Crippen molar-refractivity contribution < 1.29 is 4.74 Å². The van der Waals surface area contributed by atoms with E-state index >= 15 is 0 Å². The minimum absolute atomic E-state index is 0.0264. The third-order valence-corrected chi connectivity index (χ3v) is 6.89. The summed E-state index contributed by atoms with van der Waals surface area (Å²) in [5, 5.41) is 8.82. The van der Waals surface area contributed by atoms with Gasteiger partial charge in [0.05, 0.1) is 6.20 Å². The van der Waals surface area contributed by atoms with Gasteiger partial charge in [-0.15, -0.1) is 0 Å². The van der Waals surface area contributed by atoms with E-state index in [2.05, 4.69) is 38.6 Å². The summed E-state index contributed by atoms with van der Waals surface area (Å²) in [6, 6.07) is 8.24. The van der Waals surface area contributed by atoms with E-state index in [1.165, 1.54) is 17.5 Å². The zero-order chi connectivity index (χ0) is 21.0. The molecule has 1 N–H and O–H groups in total. The maximum absolute atomic E-state index is 6.61. The molecule has 0 amide bonds. The van der Waals surface area contributed by atoms with Crippen LogP contribution in [0.15, 0.2) is 41.7 Å². The van der Waals surface area contributed by atoms with Gasteiger partial charge in [-0.05, 0) is 48.8 Å². The van der Waals surface area contributed by atoms with Crippen LogP contribution in [0.4, 0.5) is 0 Å². The molecule has 2 fully saturated rings. The van der Waals surface area contributed by atoms with Crippen LogP contribution in [0, 0.1) is 5.92 Å². The summed E-state index contributed by atoms with van der Waals surface area (Å²) in [5.41, 5.74) is 2.50. The van der Waals surface area contributed by atoms with Gasteiger partial charge in [0.25, 0.3) is 0 Å². The molecule has 2 aliphatic heterocycles. The van der Waals surface area contributed by atoms with Crippen molar-refractivity contribution in [2.24, 2.45) is 18.0 Å². The molecule has 162 valence electrons. The maximum Gasteiger partial charge on any atom is 0.193 e. The SMILES string of the molecule is CN=C(NCC1(c2ccccc2Cl)CCOCC1)N1CCC(Cc2cnn(C)c2)C1. The van der Waals surface area contributed by atoms with Crippen LogP contribution in [0.5, 0.6) is 0 Å². The molecule has 2 aromatic rings. The Kier molecular flexibility index (Phi) is 6.64. The first-order chi connectivity index (χ1) is 14.6. The van der Waals surface area contributed by atoms with Crippen molar-refractivity contribution in [3.8, 4) is 0 Å². The lowest BCUT2D eigenvalue weighted by molar-refractivity contribution is 0.0512. The maximum atomic E-state index is 6.61. The van der Waals surface area contributed by atoms with Gasteiger partial charge in [-0.3, -0.25) is 9.67 Å². The van der Waals surface area contributed by atoms with Gasteiger partial charge in [0.15, 0.2) is 5.96 Å². The van der Waals surface area contributed by atoms with Crippen molar-refractivity contribution in [3.05, 3.63) is 52.8 Å². The van der Waals surface area contributed by atoms with Gasteiger partial charge in [0.2, 0.25) is 0 Å². The first-order valence-corrected chi connectivity index (χ1v) is 11.2. The van der Waals surface area contributed by atoms with E-state index in [1.54, 1.807) is 0 Å². The quantitative estimate of drug-likeness (QED) is 0.585. The number of likely N-dealkylation sites (tertiary alicyclic amines) is 1. The minimum atomic E-state index is -0.0264. The number of aliphatic imine (C=N–C) groups is 1. The summed E-state index contributed by atoms with van der Waals surface area (Å²) in [5.74, 6) is 1.62. The number of nitrogens with zero attached hydrogens (tertiary/aromatic N) is 4. The van der Waals surface area contributed by atoms with Gasteiger partial charge >= 0.3 is 0 Å². The third kappa shape index (κ3) is 4.65. The van der Waals surface area contributed by atoms with Gasteiger partial charge < -0.3 is 15.0 Å². The number of aryl methyl sites for hydroxylation is 1. The molecule has 6 nitrogen and oxygen atoms in total. The summed E-state index contributed by atoms with van der Waals surface area (Å²) in [7, 11) is 3.85. The van der Waals surface area contributed by atoms with Crippen LogP contribution < -0.4 is 5.32 Å². The van der Waals surface area contributed by atoms with Crippen LogP contribution in [0.25, 0.3) is 0 Å². The second-order valence-electron chi connectivity index (χ2n) is 8.60. The Bertz CT molecular complexity index is 874. The highest BCUT2D eigenvalue weighted by molar-refractivity contribution is 6.31. The molecule has 1 aromatic carbocycles. The highest BCUT2D eigenvalue weighted by Gasteiger charge is 2.37. The van der Waals surface area contributed by atoms with Crippen LogP contribution in [-0.4, -0.2) is 60.5 Å². The lowest BCUT2D eigenvalue weighted by atomic mass is 9.74. The van der Waals surface area contributed by atoms with Crippen LogP contribution in [-0.2, 0) is 23.6 Å². The monoisotopic (exact) mass is 429 g/mol. The molecule has 2 aliphatic rings. The number of aromatic nitrogens is 2. The fraction of sp³-hybridized carbons (Fsp3) is 0.565. The summed E-state index contributed by atoms with van der Waals surface area (Å²) < 4.78 is 7.55. The molecular formula is C23H32ClN5O. The Morgan fingerprint density at radius 2 is 2.13 bits per heavy atom. The second kappa shape index (κ2) is 9.40. The van der Waals surface area contributed by atoms with Crippen molar-refractivity contribution in [2.45, 2.75) is 31.1 Å². The number of hydrogen-bond acceptors (Lipinski definition) is 3. The van der Waals surface area contributed by atoms with Gasteiger partial charge in [0.1, 0.15) is 0 Å². The molecule has 0 spiro atoms. The van der Waals surface area contributed by atoms with Crippen molar-refractivity contribution in [1.29, 1.82) is 0 Å². The zero-order valence-corrected chi connectivity index (χ0v) is 18.7.